The zero-order valence-electron chi connectivity index (χ0n) is 17.1. The Bertz CT molecular complexity index is 996. The average molecular weight is 494 g/mol. The van der Waals surface area contributed by atoms with Gasteiger partial charge in [0, 0.05) is 12.5 Å². The minimum Gasteiger partial charge on any atom is -0.494 e. The molecule has 1 N–H and O–H groups in total. The molecule has 12 heteroatoms. The minimum atomic E-state index is -6.11. The summed E-state index contributed by atoms with van der Waals surface area (Å²) in [6.45, 7) is -0.621. The summed E-state index contributed by atoms with van der Waals surface area (Å²) >= 11 is 0. The number of esters is 1. The largest absolute Gasteiger partial charge is 0.494 e. The number of ether oxygens (including phenoxy) is 2. The van der Waals surface area contributed by atoms with Crippen molar-refractivity contribution >= 4 is 18.0 Å². The van der Waals surface area contributed by atoms with Crippen molar-refractivity contribution in [3.63, 3.8) is 0 Å². The molecular weight excluding hydrogens is 477 g/mol. The number of alkyl halides is 7. The molecule has 0 saturated carbocycles. The first-order valence-electron chi connectivity index (χ1n) is 9.51. The maximum absolute atomic E-state index is 13.6. The highest BCUT2D eigenvalue weighted by Crippen LogP contribution is 2.48. The summed E-state index contributed by atoms with van der Waals surface area (Å²) in [4.78, 5) is 22.7. The number of benzene rings is 2. The Kier molecular flexibility index (Phi) is 8.30. The van der Waals surface area contributed by atoms with Crippen LogP contribution in [0.4, 0.5) is 30.7 Å². The van der Waals surface area contributed by atoms with E-state index in [1.54, 1.807) is 0 Å². The normalized spacial score (nSPS) is 12.6. The predicted octanol–water partition coefficient (Wildman–Crippen LogP) is 6.00. The molecule has 2 aromatic rings. The Morgan fingerprint density at radius 3 is 1.85 bits per heavy atom. The number of carbonyl (C=O) groups excluding carboxylic acids is 1. The van der Waals surface area contributed by atoms with E-state index in [-0.39, 0.29) is 17.1 Å². The van der Waals surface area contributed by atoms with Crippen LogP contribution in [0.5, 0.6) is 11.5 Å². The fourth-order valence-corrected chi connectivity index (χ4v) is 2.62. The Labute approximate surface area is 188 Å². The van der Waals surface area contributed by atoms with E-state index in [0.29, 0.717) is 5.56 Å². The van der Waals surface area contributed by atoms with Crippen molar-refractivity contribution in [2.75, 3.05) is 6.61 Å². The van der Waals surface area contributed by atoms with E-state index in [1.807, 2.05) is 0 Å². The number of halogens is 7. The number of carboxylic acids is 1. The van der Waals surface area contributed by atoms with Crippen LogP contribution < -0.4 is 9.47 Å². The monoisotopic (exact) mass is 494 g/mol. The molecule has 0 aliphatic carbocycles. The highest BCUT2D eigenvalue weighted by atomic mass is 19.4. The highest BCUT2D eigenvalue weighted by Gasteiger charge is 2.71. The Morgan fingerprint density at radius 1 is 0.824 bits per heavy atom. The van der Waals surface area contributed by atoms with Crippen LogP contribution in [0.1, 0.15) is 28.8 Å². The van der Waals surface area contributed by atoms with Crippen molar-refractivity contribution in [3.05, 3.63) is 65.7 Å². The summed E-state index contributed by atoms with van der Waals surface area (Å²) in [5.74, 6) is -1.68. The second-order valence-electron chi connectivity index (χ2n) is 6.90. The van der Waals surface area contributed by atoms with Crippen LogP contribution in [0.15, 0.2) is 54.6 Å². The summed E-state index contributed by atoms with van der Waals surface area (Å²) in [7, 11) is 0. The zero-order chi connectivity index (χ0) is 25.6. The number of carbonyl (C=O) groups is 2. The molecule has 5 nitrogen and oxygen atoms in total. The Hall–Kier alpha value is -3.57. The highest BCUT2D eigenvalue weighted by molar-refractivity contribution is 5.91. The van der Waals surface area contributed by atoms with Crippen molar-refractivity contribution < 1.29 is 54.9 Å². The van der Waals surface area contributed by atoms with Gasteiger partial charge in [0.2, 0.25) is 0 Å². The molecule has 0 amide bonds. The first kappa shape index (κ1) is 26.7. The van der Waals surface area contributed by atoms with Crippen LogP contribution in [-0.2, 0) is 4.79 Å². The lowest BCUT2D eigenvalue weighted by Crippen LogP contribution is -2.53. The van der Waals surface area contributed by atoms with Gasteiger partial charge in [0.1, 0.15) is 11.5 Å². The van der Waals surface area contributed by atoms with E-state index >= 15 is 0 Å². The molecule has 0 atom stereocenters. The lowest BCUT2D eigenvalue weighted by Gasteiger charge is -2.29. The number of hydrogen-bond acceptors (Lipinski definition) is 4. The molecule has 0 radical (unpaired) electrons. The van der Waals surface area contributed by atoms with Crippen molar-refractivity contribution in [3.8, 4) is 11.5 Å². The summed E-state index contributed by atoms with van der Waals surface area (Å²) < 4.78 is 98.8. The SMILES string of the molecule is O=C(O)/C=C/c1ccc(OC(=O)c2ccc(OCCCC(F)(C(F)(F)F)C(F)(F)F)cc2)cc1. The van der Waals surface area contributed by atoms with E-state index in [0.717, 1.165) is 6.08 Å². The third kappa shape index (κ3) is 6.96. The van der Waals surface area contributed by atoms with Gasteiger partial charge >= 0.3 is 24.3 Å². The quantitative estimate of drug-likeness (QED) is 0.152. The van der Waals surface area contributed by atoms with E-state index in [1.165, 1.54) is 54.6 Å². The van der Waals surface area contributed by atoms with Gasteiger partial charge in [-0.25, -0.2) is 14.0 Å². The molecule has 0 fully saturated rings. The molecule has 0 aliphatic rings. The average Bonchev–Trinajstić information content (AvgIpc) is 2.74. The Morgan fingerprint density at radius 2 is 1.35 bits per heavy atom. The molecule has 2 rings (SSSR count). The second kappa shape index (κ2) is 10.6. The van der Waals surface area contributed by atoms with Gasteiger partial charge in [0.25, 0.3) is 5.67 Å². The van der Waals surface area contributed by atoms with Gasteiger partial charge in [-0.15, -0.1) is 0 Å². The third-order valence-electron chi connectivity index (χ3n) is 4.43. The number of aliphatic carboxylic acids is 1. The molecule has 0 saturated heterocycles. The summed E-state index contributed by atoms with van der Waals surface area (Å²) in [6.07, 6.45) is -12.7. The van der Waals surface area contributed by atoms with Crippen LogP contribution in [0.25, 0.3) is 6.08 Å². The minimum absolute atomic E-state index is 0.0367. The van der Waals surface area contributed by atoms with E-state index < -0.39 is 49.4 Å². The molecule has 34 heavy (non-hydrogen) atoms. The van der Waals surface area contributed by atoms with E-state index in [2.05, 4.69) is 0 Å². The molecule has 0 aromatic heterocycles. The fourth-order valence-electron chi connectivity index (χ4n) is 2.62. The topological polar surface area (TPSA) is 72.8 Å². The molecule has 184 valence electrons. The lowest BCUT2D eigenvalue weighted by molar-refractivity contribution is -0.343. The lowest BCUT2D eigenvalue weighted by atomic mass is 9.98. The standard InChI is InChI=1S/C22H17F7O5/c23-20(21(24,25)26,22(27,28)29)12-1-13-33-16-9-5-15(6-10-16)19(32)34-17-7-2-14(3-8-17)4-11-18(30)31/h2-11H,1,12-13H2,(H,30,31)/b11-4+. The van der Waals surface area contributed by atoms with Crippen LogP contribution >= 0.6 is 0 Å². The Balaban J connectivity index is 1.89. The van der Waals surface area contributed by atoms with Crippen LogP contribution in [0.2, 0.25) is 0 Å². The number of rotatable bonds is 9. The van der Waals surface area contributed by atoms with Crippen molar-refractivity contribution in [2.24, 2.45) is 0 Å². The van der Waals surface area contributed by atoms with Gasteiger partial charge in [-0.1, -0.05) is 12.1 Å². The summed E-state index contributed by atoms with van der Waals surface area (Å²) in [6, 6.07) is 10.9. The van der Waals surface area contributed by atoms with Crippen LogP contribution in [0, 0.1) is 0 Å². The summed E-state index contributed by atoms with van der Waals surface area (Å²) in [5, 5.41) is 8.58. The third-order valence-corrected chi connectivity index (χ3v) is 4.43. The second-order valence-corrected chi connectivity index (χ2v) is 6.90. The maximum atomic E-state index is 13.6. The van der Waals surface area contributed by atoms with Gasteiger partial charge in [-0.3, -0.25) is 0 Å². The fraction of sp³-hybridized carbons (Fsp3) is 0.273. The molecule has 2 aromatic carbocycles. The molecular formula is C22H17F7O5. The first-order chi connectivity index (χ1) is 15.7. The van der Waals surface area contributed by atoms with Crippen molar-refractivity contribution in [2.45, 2.75) is 30.9 Å². The summed E-state index contributed by atoms with van der Waals surface area (Å²) in [5.41, 5.74) is -4.71. The predicted molar refractivity (Wildman–Crippen MR) is 105 cm³/mol. The number of carboxylic acid groups (broad SMARTS) is 1. The molecule has 0 spiro atoms. The molecule has 0 heterocycles. The molecule has 0 unspecified atom stereocenters. The maximum Gasteiger partial charge on any atom is 0.431 e. The van der Waals surface area contributed by atoms with Crippen LogP contribution in [-0.4, -0.2) is 41.7 Å². The van der Waals surface area contributed by atoms with Crippen LogP contribution in [0.3, 0.4) is 0 Å². The smallest absolute Gasteiger partial charge is 0.431 e. The molecule has 0 bridgehead atoms. The zero-order valence-corrected chi connectivity index (χ0v) is 17.1. The van der Waals surface area contributed by atoms with Crippen molar-refractivity contribution in [1.29, 1.82) is 0 Å². The van der Waals surface area contributed by atoms with Crippen molar-refractivity contribution in [1.82, 2.24) is 0 Å². The van der Waals surface area contributed by atoms with Gasteiger partial charge in [-0.05, 0) is 54.5 Å². The van der Waals surface area contributed by atoms with E-state index in [4.69, 9.17) is 14.6 Å². The van der Waals surface area contributed by atoms with E-state index in [9.17, 15) is 40.3 Å². The van der Waals surface area contributed by atoms with Gasteiger partial charge in [0.15, 0.2) is 0 Å². The first-order valence-corrected chi connectivity index (χ1v) is 9.51. The van der Waals surface area contributed by atoms with Gasteiger partial charge in [0.05, 0.1) is 12.2 Å². The van der Waals surface area contributed by atoms with Gasteiger partial charge < -0.3 is 14.6 Å². The number of hydrogen-bond donors (Lipinski definition) is 1. The van der Waals surface area contributed by atoms with Gasteiger partial charge in [-0.2, -0.15) is 26.3 Å². The molecule has 0 aliphatic heterocycles.